The minimum Gasteiger partial charge on any atom is -0.455 e. The average molecular weight is 682 g/mol. The van der Waals surface area contributed by atoms with Crippen molar-refractivity contribution < 1.29 is 33.8 Å². The van der Waals surface area contributed by atoms with Crippen LogP contribution in [0.4, 0.5) is 5.69 Å². The van der Waals surface area contributed by atoms with Gasteiger partial charge in [-0.25, -0.2) is 0 Å². The van der Waals surface area contributed by atoms with Crippen LogP contribution >= 0.6 is 11.6 Å². The van der Waals surface area contributed by atoms with Gasteiger partial charge in [-0.2, -0.15) is 0 Å². The summed E-state index contributed by atoms with van der Waals surface area (Å²) in [7, 11) is 0. The second-order valence-electron chi connectivity index (χ2n) is 12.6. The SMILES string of the molecule is O=C1CC/C=C\[C@H]2O[C@]34C=CCN(c5ccccc5Cl)C(=O)[C@H]3N([C@H](CO)c3ccccc3)C(=O)[C@@H]4[C@H]2C(=O)O[C@H](c2ccccc2)CN1. The first-order valence-corrected chi connectivity index (χ1v) is 16.8. The Morgan fingerprint density at radius 2 is 1.63 bits per heavy atom. The van der Waals surface area contributed by atoms with E-state index in [2.05, 4.69) is 5.32 Å². The first kappa shape index (κ1) is 32.8. The number of amides is 3. The maximum atomic E-state index is 15.0. The molecule has 3 amide bonds. The Balaban J connectivity index is 1.36. The highest BCUT2D eigenvalue weighted by Gasteiger charge is 2.72. The molecule has 2 saturated heterocycles. The number of likely N-dealkylation sites (tertiary alicyclic amines) is 1. The highest BCUT2D eigenvalue weighted by Crippen LogP contribution is 2.55. The van der Waals surface area contributed by atoms with Crippen LogP contribution in [0.3, 0.4) is 0 Å². The Bertz CT molecular complexity index is 1800. The van der Waals surface area contributed by atoms with Crippen molar-refractivity contribution in [1.82, 2.24) is 10.2 Å². The molecule has 4 aliphatic rings. The predicted molar refractivity (Wildman–Crippen MR) is 181 cm³/mol. The fourth-order valence-corrected chi connectivity index (χ4v) is 7.84. The number of aliphatic hydroxyl groups excluding tert-OH is 1. The van der Waals surface area contributed by atoms with Gasteiger partial charge in [-0.05, 0) is 29.7 Å². The number of aliphatic hydroxyl groups is 1. The molecular formula is C38H36ClN3O7. The lowest BCUT2D eigenvalue weighted by atomic mass is 9.77. The highest BCUT2D eigenvalue weighted by molar-refractivity contribution is 6.34. The van der Waals surface area contributed by atoms with Crippen molar-refractivity contribution >= 4 is 41.0 Å². The zero-order chi connectivity index (χ0) is 34.1. The number of allylic oxidation sites excluding steroid dienone is 1. The molecule has 252 valence electrons. The van der Waals surface area contributed by atoms with Crippen molar-refractivity contribution in [3.05, 3.63) is 125 Å². The second-order valence-corrected chi connectivity index (χ2v) is 13.0. The Kier molecular flexibility index (Phi) is 9.11. The van der Waals surface area contributed by atoms with E-state index < -0.39 is 66.1 Å². The monoisotopic (exact) mass is 681 g/mol. The third-order valence-electron chi connectivity index (χ3n) is 9.82. The van der Waals surface area contributed by atoms with Gasteiger partial charge in [-0.3, -0.25) is 19.2 Å². The molecule has 11 heteroatoms. The number of benzene rings is 3. The largest absolute Gasteiger partial charge is 0.455 e. The summed E-state index contributed by atoms with van der Waals surface area (Å²) >= 11 is 6.60. The number of cyclic esters (lactones) is 1. The molecule has 3 aromatic rings. The van der Waals surface area contributed by atoms with Crippen LogP contribution in [0.2, 0.25) is 5.02 Å². The van der Waals surface area contributed by atoms with Crippen molar-refractivity contribution in [2.75, 3.05) is 24.6 Å². The number of halogens is 1. The van der Waals surface area contributed by atoms with E-state index in [4.69, 9.17) is 21.1 Å². The van der Waals surface area contributed by atoms with Gasteiger partial charge in [0.25, 0.3) is 5.91 Å². The summed E-state index contributed by atoms with van der Waals surface area (Å²) in [5.41, 5.74) is 0.159. The van der Waals surface area contributed by atoms with E-state index in [0.717, 1.165) is 0 Å². The van der Waals surface area contributed by atoms with Crippen LogP contribution in [0.15, 0.2) is 109 Å². The number of hydrogen-bond acceptors (Lipinski definition) is 7. The maximum absolute atomic E-state index is 15.0. The van der Waals surface area contributed by atoms with E-state index in [-0.39, 0.29) is 25.4 Å². The minimum atomic E-state index is -1.60. The first-order chi connectivity index (χ1) is 23.8. The van der Waals surface area contributed by atoms with Crippen LogP contribution in [0.5, 0.6) is 0 Å². The summed E-state index contributed by atoms with van der Waals surface area (Å²) in [6.07, 6.45) is 5.73. The van der Waals surface area contributed by atoms with Gasteiger partial charge in [0, 0.05) is 13.0 Å². The van der Waals surface area contributed by atoms with Gasteiger partial charge in [0.1, 0.15) is 23.7 Å². The molecule has 49 heavy (non-hydrogen) atoms. The summed E-state index contributed by atoms with van der Waals surface area (Å²) in [5, 5.41) is 14.0. The molecular weight excluding hydrogens is 646 g/mol. The molecule has 2 fully saturated rings. The van der Waals surface area contributed by atoms with Gasteiger partial charge >= 0.3 is 5.97 Å². The fraction of sp³-hybridized carbons (Fsp3) is 0.316. The van der Waals surface area contributed by atoms with Gasteiger partial charge < -0.3 is 29.7 Å². The lowest BCUT2D eigenvalue weighted by molar-refractivity contribution is -0.160. The molecule has 7 rings (SSSR count). The Morgan fingerprint density at radius 3 is 2.37 bits per heavy atom. The van der Waals surface area contributed by atoms with Crippen molar-refractivity contribution in [3.63, 3.8) is 0 Å². The van der Waals surface area contributed by atoms with Gasteiger partial charge in [-0.15, -0.1) is 0 Å². The molecule has 0 radical (unpaired) electrons. The first-order valence-electron chi connectivity index (χ1n) is 16.4. The van der Waals surface area contributed by atoms with E-state index in [1.165, 1.54) is 9.80 Å². The number of fused-ring (bicyclic) bond motifs is 2. The number of anilines is 1. The fourth-order valence-electron chi connectivity index (χ4n) is 7.60. The molecule has 0 bridgehead atoms. The van der Waals surface area contributed by atoms with E-state index in [1.807, 2.05) is 24.3 Å². The lowest BCUT2D eigenvalue weighted by Gasteiger charge is -2.38. The summed E-state index contributed by atoms with van der Waals surface area (Å²) in [6, 6.07) is 22.8. The topological polar surface area (TPSA) is 125 Å². The predicted octanol–water partition coefficient (Wildman–Crippen LogP) is 4.31. The molecule has 0 saturated carbocycles. The van der Waals surface area contributed by atoms with E-state index in [9.17, 15) is 24.3 Å². The molecule has 7 atom stereocenters. The maximum Gasteiger partial charge on any atom is 0.313 e. The van der Waals surface area contributed by atoms with E-state index >= 15 is 0 Å². The molecule has 0 aromatic heterocycles. The number of ether oxygens (including phenoxy) is 2. The zero-order valence-corrected chi connectivity index (χ0v) is 27.3. The number of rotatable bonds is 5. The summed E-state index contributed by atoms with van der Waals surface area (Å²) < 4.78 is 13.0. The average Bonchev–Trinajstić information content (AvgIpc) is 3.50. The minimum absolute atomic E-state index is 0.0425. The Hall–Kier alpha value is -4.77. The van der Waals surface area contributed by atoms with Crippen molar-refractivity contribution in [2.45, 2.75) is 42.7 Å². The van der Waals surface area contributed by atoms with Gasteiger partial charge in [0.05, 0.1) is 41.9 Å². The zero-order valence-electron chi connectivity index (χ0n) is 26.6. The number of hydrogen-bond donors (Lipinski definition) is 2. The quantitative estimate of drug-likeness (QED) is 0.304. The number of para-hydroxylation sites is 1. The van der Waals surface area contributed by atoms with E-state index in [0.29, 0.717) is 28.3 Å². The number of esters is 1. The van der Waals surface area contributed by atoms with Gasteiger partial charge in [0.2, 0.25) is 11.8 Å². The molecule has 1 spiro atoms. The third kappa shape index (κ3) is 5.83. The van der Waals surface area contributed by atoms with Crippen LogP contribution in [0, 0.1) is 11.8 Å². The summed E-state index contributed by atoms with van der Waals surface area (Å²) in [6.45, 7) is -0.305. The summed E-state index contributed by atoms with van der Waals surface area (Å²) in [5.74, 6) is -4.17. The Labute approximate surface area is 288 Å². The van der Waals surface area contributed by atoms with Crippen LogP contribution in [0.25, 0.3) is 0 Å². The third-order valence-corrected chi connectivity index (χ3v) is 10.1. The molecule has 0 unspecified atom stereocenters. The van der Waals surface area contributed by atoms with Crippen LogP contribution in [-0.2, 0) is 28.7 Å². The van der Waals surface area contributed by atoms with Crippen molar-refractivity contribution in [2.24, 2.45) is 11.8 Å². The van der Waals surface area contributed by atoms with Crippen molar-refractivity contribution in [3.8, 4) is 0 Å². The second kappa shape index (κ2) is 13.6. The van der Waals surface area contributed by atoms with Crippen LogP contribution < -0.4 is 10.2 Å². The smallest absolute Gasteiger partial charge is 0.313 e. The number of nitrogens with one attached hydrogen (secondary N) is 1. The van der Waals surface area contributed by atoms with Gasteiger partial charge in [0.15, 0.2) is 0 Å². The molecule has 4 aliphatic heterocycles. The van der Waals surface area contributed by atoms with Crippen LogP contribution in [0.1, 0.15) is 36.1 Å². The molecule has 0 aliphatic carbocycles. The number of carbonyl (C=O) groups excluding carboxylic acids is 4. The summed E-state index contributed by atoms with van der Waals surface area (Å²) in [4.78, 5) is 59.8. The van der Waals surface area contributed by atoms with Gasteiger partial charge in [-0.1, -0.05) is 109 Å². The number of nitrogens with zero attached hydrogens (tertiary/aromatic N) is 2. The van der Waals surface area contributed by atoms with E-state index in [1.54, 1.807) is 85.0 Å². The van der Waals surface area contributed by atoms with Crippen molar-refractivity contribution in [1.29, 1.82) is 0 Å². The molecule has 2 N–H and O–H groups in total. The standard InChI is InChI=1S/C38H36ClN3O7/c39-26-16-7-8-17-27(26)41-21-11-20-38-33(35(45)42(34(38)36(41)46)28(23-43)24-12-3-1-4-13-24)32-29(49-38)18-9-10-19-31(44)40-22-30(48-37(32)47)25-14-5-2-6-15-25/h1-9,11-18,20,28-30,32-34,43H,10,19,21-23H2,(H,40,44)/b18-9-/t28-,29-,30+,32+,33+,34-,38+/m1/s1. The molecule has 3 aromatic carbocycles. The number of carbonyl (C=O) groups is 4. The Morgan fingerprint density at radius 1 is 0.918 bits per heavy atom. The van der Waals surface area contributed by atoms with Crippen LogP contribution in [-0.4, -0.2) is 71.1 Å². The molecule has 10 nitrogen and oxygen atoms in total. The highest BCUT2D eigenvalue weighted by atomic mass is 35.5. The lowest BCUT2D eigenvalue weighted by Crippen LogP contribution is -2.56. The molecule has 4 heterocycles. The normalized spacial score (nSPS) is 29.8.